The van der Waals surface area contributed by atoms with Gasteiger partial charge in [-0.05, 0) is 36.2 Å². The Morgan fingerprint density at radius 2 is 2.08 bits per heavy atom. The second-order valence-electron chi connectivity index (χ2n) is 3.01. The summed E-state index contributed by atoms with van der Waals surface area (Å²) in [4.78, 5) is 0. The SMILES string of the molecule is Cc1cc(O)ccc1-c1ccoc1. The Kier molecular flexibility index (Phi) is 1.81. The molecule has 0 aliphatic heterocycles. The normalized spacial score (nSPS) is 10.2. The summed E-state index contributed by atoms with van der Waals surface area (Å²) >= 11 is 0. The van der Waals surface area contributed by atoms with Crippen molar-refractivity contribution < 1.29 is 9.52 Å². The topological polar surface area (TPSA) is 33.4 Å². The Morgan fingerprint density at radius 1 is 1.23 bits per heavy atom. The Bertz CT molecular complexity index is 402. The second kappa shape index (κ2) is 2.98. The van der Waals surface area contributed by atoms with Crippen molar-refractivity contribution >= 4 is 0 Å². The molecule has 66 valence electrons. The van der Waals surface area contributed by atoms with Gasteiger partial charge in [-0.15, -0.1) is 0 Å². The average Bonchev–Trinajstić information content (AvgIpc) is 2.56. The predicted octanol–water partition coefficient (Wildman–Crippen LogP) is 2.96. The van der Waals surface area contributed by atoms with E-state index in [9.17, 15) is 5.11 Å². The second-order valence-corrected chi connectivity index (χ2v) is 3.01. The largest absolute Gasteiger partial charge is 0.508 e. The van der Waals surface area contributed by atoms with Crippen LogP contribution >= 0.6 is 0 Å². The number of hydrogen-bond donors (Lipinski definition) is 1. The van der Waals surface area contributed by atoms with Gasteiger partial charge in [-0.25, -0.2) is 0 Å². The molecule has 1 heterocycles. The summed E-state index contributed by atoms with van der Waals surface area (Å²) in [5.74, 6) is 0.296. The molecule has 2 aromatic rings. The standard InChI is InChI=1S/C11H10O2/c1-8-6-10(12)2-3-11(8)9-4-5-13-7-9/h2-7,12H,1H3. The zero-order chi connectivity index (χ0) is 9.26. The quantitative estimate of drug-likeness (QED) is 0.721. The van der Waals surface area contributed by atoms with Gasteiger partial charge in [-0.2, -0.15) is 0 Å². The highest BCUT2D eigenvalue weighted by atomic mass is 16.3. The highest BCUT2D eigenvalue weighted by molar-refractivity contribution is 5.66. The van der Waals surface area contributed by atoms with Gasteiger partial charge < -0.3 is 9.52 Å². The van der Waals surface area contributed by atoms with Crippen LogP contribution in [-0.2, 0) is 0 Å². The molecule has 0 aliphatic carbocycles. The first kappa shape index (κ1) is 7.92. The van der Waals surface area contributed by atoms with Crippen LogP contribution in [0.5, 0.6) is 5.75 Å². The molecule has 0 spiro atoms. The van der Waals surface area contributed by atoms with Crippen LogP contribution in [0.3, 0.4) is 0 Å². The molecule has 0 unspecified atom stereocenters. The van der Waals surface area contributed by atoms with Crippen LogP contribution < -0.4 is 0 Å². The lowest BCUT2D eigenvalue weighted by Crippen LogP contribution is -1.79. The monoisotopic (exact) mass is 174 g/mol. The van der Waals surface area contributed by atoms with E-state index in [2.05, 4.69) is 0 Å². The van der Waals surface area contributed by atoms with Crippen LogP contribution in [0.2, 0.25) is 0 Å². The first-order valence-electron chi connectivity index (χ1n) is 4.09. The summed E-state index contributed by atoms with van der Waals surface area (Å²) in [6.07, 6.45) is 3.33. The first-order chi connectivity index (χ1) is 6.27. The Morgan fingerprint density at radius 3 is 2.69 bits per heavy atom. The van der Waals surface area contributed by atoms with Gasteiger partial charge in [0.05, 0.1) is 12.5 Å². The van der Waals surface area contributed by atoms with Crippen molar-refractivity contribution in [2.45, 2.75) is 6.92 Å². The van der Waals surface area contributed by atoms with Gasteiger partial charge in [0.25, 0.3) is 0 Å². The Labute approximate surface area is 76.4 Å². The van der Waals surface area contributed by atoms with E-state index in [0.717, 1.165) is 16.7 Å². The lowest BCUT2D eigenvalue weighted by atomic mass is 10.0. The van der Waals surface area contributed by atoms with Crippen LogP contribution in [0.4, 0.5) is 0 Å². The highest BCUT2D eigenvalue weighted by Gasteiger charge is 2.02. The third-order valence-electron chi connectivity index (χ3n) is 2.04. The van der Waals surface area contributed by atoms with Gasteiger partial charge in [0.2, 0.25) is 0 Å². The highest BCUT2D eigenvalue weighted by Crippen LogP contribution is 2.26. The van der Waals surface area contributed by atoms with Crippen molar-refractivity contribution in [3.8, 4) is 16.9 Å². The molecule has 0 aliphatic rings. The van der Waals surface area contributed by atoms with Crippen LogP contribution in [0.1, 0.15) is 5.56 Å². The summed E-state index contributed by atoms with van der Waals surface area (Å²) in [6.45, 7) is 1.96. The summed E-state index contributed by atoms with van der Waals surface area (Å²) in [5, 5.41) is 9.21. The molecule has 2 rings (SSSR count). The van der Waals surface area contributed by atoms with Crippen LogP contribution in [0.15, 0.2) is 41.2 Å². The van der Waals surface area contributed by atoms with Crippen molar-refractivity contribution in [1.82, 2.24) is 0 Å². The average molecular weight is 174 g/mol. The lowest BCUT2D eigenvalue weighted by Gasteiger charge is -2.02. The number of hydrogen-bond acceptors (Lipinski definition) is 2. The van der Waals surface area contributed by atoms with Gasteiger partial charge in [-0.3, -0.25) is 0 Å². The molecular weight excluding hydrogens is 164 g/mol. The fourth-order valence-electron chi connectivity index (χ4n) is 1.39. The van der Waals surface area contributed by atoms with Crippen molar-refractivity contribution in [2.24, 2.45) is 0 Å². The van der Waals surface area contributed by atoms with Crippen molar-refractivity contribution in [1.29, 1.82) is 0 Å². The molecule has 0 saturated heterocycles. The van der Waals surface area contributed by atoms with Gasteiger partial charge in [0, 0.05) is 5.56 Å². The van der Waals surface area contributed by atoms with Crippen LogP contribution in [0, 0.1) is 6.92 Å². The minimum atomic E-state index is 0.296. The van der Waals surface area contributed by atoms with E-state index in [1.54, 1.807) is 24.7 Å². The predicted molar refractivity (Wildman–Crippen MR) is 50.5 cm³/mol. The van der Waals surface area contributed by atoms with E-state index < -0.39 is 0 Å². The minimum Gasteiger partial charge on any atom is -0.508 e. The maximum Gasteiger partial charge on any atom is 0.115 e. The van der Waals surface area contributed by atoms with Crippen molar-refractivity contribution in [3.63, 3.8) is 0 Å². The number of aromatic hydroxyl groups is 1. The summed E-state index contributed by atoms with van der Waals surface area (Å²) in [5.41, 5.74) is 3.17. The molecule has 1 aromatic heterocycles. The van der Waals surface area contributed by atoms with Crippen LogP contribution in [0.25, 0.3) is 11.1 Å². The third kappa shape index (κ3) is 1.43. The third-order valence-corrected chi connectivity index (χ3v) is 2.04. The van der Waals surface area contributed by atoms with E-state index in [1.165, 1.54) is 0 Å². The first-order valence-corrected chi connectivity index (χ1v) is 4.09. The fraction of sp³-hybridized carbons (Fsp3) is 0.0909. The van der Waals surface area contributed by atoms with Crippen molar-refractivity contribution in [2.75, 3.05) is 0 Å². The molecule has 2 heteroatoms. The van der Waals surface area contributed by atoms with Crippen LogP contribution in [-0.4, -0.2) is 5.11 Å². The number of phenolic OH excluding ortho intramolecular Hbond substituents is 1. The maximum atomic E-state index is 9.21. The Hall–Kier alpha value is -1.70. The molecule has 0 atom stereocenters. The zero-order valence-corrected chi connectivity index (χ0v) is 7.32. The molecule has 13 heavy (non-hydrogen) atoms. The van der Waals surface area contributed by atoms with E-state index in [4.69, 9.17) is 4.42 Å². The van der Waals surface area contributed by atoms with Gasteiger partial charge in [0.1, 0.15) is 5.75 Å². The number of phenols is 1. The molecule has 0 bridgehead atoms. The fourth-order valence-corrected chi connectivity index (χ4v) is 1.39. The molecule has 0 fully saturated rings. The van der Waals surface area contributed by atoms with Gasteiger partial charge in [-0.1, -0.05) is 6.07 Å². The summed E-state index contributed by atoms with van der Waals surface area (Å²) in [6, 6.07) is 7.20. The van der Waals surface area contributed by atoms with Crippen molar-refractivity contribution in [3.05, 3.63) is 42.4 Å². The number of aryl methyl sites for hydroxylation is 1. The molecule has 1 N–H and O–H groups in total. The van der Waals surface area contributed by atoms with E-state index in [-0.39, 0.29) is 0 Å². The molecule has 0 radical (unpaired) electrons. The molecule has 2 nitrogen and oxygen atoms in total. The van der Waals surface area contributed by atoms with Gasteiger partial charge >= 0.3 is 0 Å². The van der Waals surface area contributed by atoms with E-state index in [0.29, 0.717) is 5.75 Å². The maximum absolute atomic E-state index is 9.21. The Balaban J connectivity index is 2.53. The zero-order valence-electron chi connectivity index (χ0n) is 7.32. The van der Waals surface area contributed by atoms with E-state index >= 15 is 0 Å². The van der Waals surface area contributed by atoms with E-state index in [1.807, 2.05) is 19.1 Å². The minimum absolute atomic E-state index is 0.296. The number of benzene rings is 1. The summed E-state index contributed by atoms with van der Waals surface area (Å²) < 4.78 is 4.99. The molecule has 0 saturated carbocycles. The van der Waals surface area contributed by atoms with Gasteiger partial charge in [0.15, 0.2) is 0 Å². The smallest absolute Gasteiger partial charge is 0.115 e. The number of rotatable bonds is 1. The molecular formula is C11H10O2. The number of furan rings is 1. The lowest BCUT2D eigenvalue weighted by molar-refractivity contribution is 0.475. The molecule has 1 aromatic carbocycles. The summed E-state index contributed by atoms with van der Waals surface area (Å²) in [7, 11) is 0. The molecule has 0 amide bonds.